The van der Waals surface area contributed by atoms with Gasteiger partial charge in [-0.1, -0.05) is 15.9 Å². The summed E-state index contributed by atoms with van der Waals surface area (Å²) in [7, 11) is 1.79. The van der Waals surface area contributed by atoms with Crippen LogP contribution in [0.1, 0.15) is 18.9 Å². The molecule has 4 heteroatoms. The van der Waals surface area contributed by atoms with Gasteiger partial charge in [-0.3, -0.25) is 4.90 Å². The number of rotatable bonds is 5. The van der Waals surface area contributed by atoms with Gasteiger partial charge in [0.25, 0.3) is 0 Å². The summed E-state index contributed by atoms with van der Waals surface area (Å²) in [6, 6.07) is 6.18. The quantitative estimate of drug-likeness (QED) is 0.834. The van der Waals surface area contributed by atoms with Crippen LogP contribution in [0.4, 0.5) is 0 Å². The molecule has 3 nitrogen and oxygen atoms in total. The van der Waals surface area contributed by atoms with Gasteiger partial charge in [-0.15, -0.1) is 0 Å². The largest absolute Gasteiger partial charge is 0.494 e. The SMILES string of the molecule is CCOc1ccc(Br)c(CN2CCC(OC)C2)c1. The minimum atomic E-state index is 0.388. The van der Waals surface area contributed by atoms with Gasteiger partial charge in [0.1, 0.15) is 5.75 Å². The summed E-state index contributed by atoms with van der Waals surface area (Å²) >= 11 is 3.61. The van der Waals surface area contributed by atoms with Gasteiger partial charge in [0.2, 0.25) is 0 Å². The number of benzene rings is 1. The average Bonchev–Trinajstić information content (AvgIpc) is 2.81. The smallest absolute Gasteiger partial charge is 0.119 e. The zero-order valence-electron chi connectivity index (χ0n) is 11.0. The Morgan fingerprint density at radius 3 is 2.94 bits per heavy atom. The molecule has 18 heavy (non-hydrogen) atoms. The van der Waals surface area contributed by atoms with Crippen molar-refractivity contribution >= 4 is 15.9 Å². The molecule has 0 amide bonds. The van der Waals surface area contributed by atoms with E-state index in [1.807, 2.05) is 13.0 Å². The molecule has 0 radical (unpaired) electrons. The van der Waals surface area contributed by atoms with Gasteiger partial charge < -0.3 is 9.47 Å². The van der Waals surface area contributed by atoms with Crippen molar-refractivity contribution in [2.24, 2.45) is 0 Å². The van der Waals surface area contributed by atoms with E-state index in [-0.39, 0.29) is 0 Å². The Morgan fingerprint density at radius 1 is 1.44 bits per heavy atom. The van der Waals surface area contributed by atoms with E-state index < -0.39 is 0 Å². The number of likely N-dealkylation sites (tertiary alicyclic amines) is 1. The fourth-order valence-corrected chi connectivity index (χ4v) is 2.67. The third kappa shape index (κ3) is 3.46. The molecule has 1 aromatic carbocycles. The van der Waals surface area contributed by atoms with Crippen molar-refractivity contribution in [1.82, 2.24) is 4.90 Å². The van der Waals surface area contributed by atoms with Crippen LogP contribution in [0.2, 0.25) is 0 Å². The Bertz CT molecular complexity index is 397. The van der Waals surface area contributed by atoms with Gasteiger partial charge in [0.05, 0.1) is 12.7 Å². The zero-order valence-corrected chi connectivity index (χ0v) is 12.6. The van der Waals surface area contributed by atoms with Gasteiger partial charge in [-0.2, -0.15) is 0 Å². The fourth-order valence-electron chi connectivity index (χ4n) is 2.30. The summed E-state index contributed by atoms with van der Waals surface area (Å²) < 4.78 is 12.1. The van der Waals surface area contributed by atoms with Gasteiger partial charge >= 0.3 is 0 Å². The number of hydrogen-bond donors (Lipinski definition) is 0. The number of halogens is 1. The van der Waals surface area contributed by atoms with E-state index in [0.29, 0.717) is 12.7 Å². The van der Waals surface area contributed by atoms with Crippen LogP contribution in [-0.2, 0) is 11.3 Å². The minimum absolute atomic E-state index is 0.388. The molecule has 1 atom stereocenters. The first-order valence-corrected chi connectivity index (χ1v) is 7.18. The van der Waals surface area contributed by atoms with E-state index in [2.05, 4.69) is 33.0 Å². The third-order valence-electron chi connectivity index (χ3n) is 3.28. The van der Waals surface area contributed by atoms with Crippen molar-refractivity contribution in [3.63, 3.8) is 0 Å². The van der Waals surface area contributed by atoms with Crippen LogP contribution in [0.3, 0.4) is 0 Å². The third-order valence-corrected chi connectivity index (χ3v) is 4.06. The van der Waals surface area contributed by atoms with Crippen LogP contribution < -0.4 is 4.74 Å². The Labute approximate surface area is 117 Å². The van der Waals surface area contributed by atoms with Crippen molar-refractivity contribution in [3.8, 4) is 5.75 Å². The lowest BCUT2D eigenvalue weighted by Gasteiger charge is -2.17. The molecule has 1 saturated heterocycles. The molecule has 0 N–H and O–H groups in total. The van der Waals surface area contributed by atoms with E-state index in [4.69, 9.17) is 9.47 Å². The summed E-state index contributed by atoms with van der Waals surface area (Å²) in [6.07, 6.45) is 1.51. The average molecular weight is 314 g/mol. The Hall–Kier alpha value is -0.580. The number of ether oxygens (including phenoxy) is 2. The van der Waals surface area contributed by atoms with E-state index >= 15 is 0 Å². The molecule has 100 valence electrons. The second kappa shape index (κ2) is 6.55. The zero-order chi connectivity index (χ0) is 13.0. The molecule has 1 aliphatic rings. The van der Waals surface area contributed by atoms with Crippen molar-refractivity contribution in [2.45, 2.75) is 26.0 Å². The van der Waals surface area contributed by atoms with Crippen molar-refractivity contribution in [2.75, 3.05) is 26.8 Å². The van der Waals surface area contributed by atoms with E-state index in [0.717, 1.165) is 36.3 Å². The summed E-state index contributed by atoms with van der Waals surface area (Å²) in [5.74, 6) is 0.943. The number of nitrogens with zero attached hydrogens (tertiary/aromatic N) is 1. The Balaban J connectivity index is 2.02. The number of methoxy groups -OCH3 is 1. The highest BCUT2D eigenvalue weighted by Crippen LogP contribution is 2.25. The van der Waals surface area contributed by atoms with Crippen LogP contribution in [0.15, 0.2) is 22.7 Å². The summed E-state index contributed by atoms with van der Waals surface area (Å²) in [6.45, 7) is 5.77. The Kier molecular flexibility index (Phi) is 5.03. The molecular formula is C14H20BrNO2. The molecule has 0 bridgehead atoms. The molecule has 0 aromatic heterocycles. The van der Waals surface area contributed by atoms with Gasteiger partial charge in [-0.25, -0.2) is 0 Å². The normalized spacial score (nSPS) is 20.3. The van der Waals surface area contributed by atoms with E-state index in [1.165, 1.54) is 5.56 Å². The lowest BCUT2D eigenvalue weighted by molar-refractivity contribution is 0.107. The van der Waals surface area contributed by atoms with Gasteiger partial charge in [-0.05, 0) is 37.1 Å². The highest BCUT2D eigenvalue weighted by molar-refractivity contribution is 9.10. The van der Waals surface area contributed by atoms with E-state index in [1.54, 1.807) is 7.11 Å². The second-order valence-electron chi connectivity index (χ2n) is 4.57. The predicted molar refractivity (Wildman–Crippen MR) is 76.0 cm³/mol. The predicted octanol–water partition coefficient (Wildman–Crippen LogP) is 3.07. The molecular weight excluding hydrogens is 294 g/mol. The lowest BCUT2D eigenvalue weighted by atomic mass is 10.2. The molecule has 1 heterocycles. The van der Waals surface area contributed by atoms with Crippen LogP contribution >= 0.6 is 15.9 Å². The van der Waals surface area contributed by atoms with Crippen LogP contribution in [0.5, 0.6) is 5.75 Å². The molecule has 0 saturated carbocycles. The molecule has 1 fully saturated rings. The van der Waals surface area contributed by atoms with Crippen LogP contribution in [0, 0.1) is 0 Å². The topological polar surface area (TPSA) is 21.7 Å². The Morgan fingerprint density at radius 2 is 2.28 bits per heavy atom. The molecule has 1 aliphatic heterocycles. The van der Waals surface area contributed by atoms with Crippen molar-refractivity contribution in [3.05, 3.63) is 28.2 Å². The highest BCUT2D eigenvalue weighted by Gasteiger charge is 2.22. The summed E-state index contributed by atoms with van der Waals surface area (Å²) in [5.41, 5.74) is 1.28. The highest BCUT2D eigenvalue weighted by atomic mass is 79.9. The molecule has 1 unspecified atom stereocenters. The first-order valence-electron chi connectivity index (χ1n) is 6.39. The van der Waals surface area contributed by atoms with Gasteiger partial charge in [0.15, 0.2) is 0 Å². The second-order valence-corrected chi connectivity index (χ2v) is 5.42. The first-order chi connectivity index (χ1) is 8.72. The van der Waals surface area contributed by atoms with Gasteiger partial charge in [0, 0.05) is 31.2 Å². The van der Waals surface area contributed by atoms with Crippen LogP contribution in [-0.4, -0.2) is 37.8 Å². The van der Waals surface area contributed by atoms with Crippen molar-refractivity contribution in [1.29, 1.82) is 0 Å². The monoisotopic (exact) mass is 313 g/mol. The molecule has 0 aliphatic carbocycles. The summed E-state index contributed by atoms with van der Waals surface area (Å²) in [5, 5.41) is 0. The maximum Gasteiger partial charge on any atom is 0.119 e. The standard InChI is InChI=1S/C14H20BrNO2/c1-3-18-12-4-5-14(15)11(8-12)9-16-7-6-13(10-16)17-2/h4-5,8,13H,3,6-7,9-10H2,1-2H3. The fraction of sp³-hybridized carbons (Fsp3) is 0.571. The van der Waals surface area contributed by atoms with Crippen LogP contribution in [0.25, 0.3) is 0 Å². The lowest BCUT2D eigenvalue weighted by Crippen LogP contribution is -2.22. The maximum absolute atomic E-state index is 5.54. The first kappa shape index (κ1) is 13.8. The molecule has 1 aromatic rings. The van der Waals surface area contributed by atoms with Crippen molar-refractivity contribution < 1.29 is 9.47 Å². The molecule has 0 spiro atoms. The van der Waals surface area contributed by atoms with E-state index in [9.17, 15) is 0 Å². The number of hydrogen-bond acceptors (Lipinski definition) is 3. The summed E-state index contributed by atoms with van der Waals surface area (Å²) in [4.78, 5) is 2.42. The molecule has 2 rings (SSSR count). The maximum atomic E-state index is 5.54. The minimum Gasteiger partial charge on any atom is -0.494 e.